The van der Waals surface area contributed by atoms with Crippen molar-refractivity contribution in [2.45, 2.75) is 0 Å². The Balaban J connectivity index is 1.85. The van der Waals surface area contributed by atoms with E-state index in [1.54, 1.807) is 48.5 Å². The SMILES string of the molecule is COc1cc(N)ccc1NC(=O)c1ccc(-c2cc(Cl)ccc2Cl)o1. The Bertz CT molecular complexity index is 938. The molecule has 0 bridgehead atoms. The van der Waals surface area contributed by atoms with Gasteiger partial charge in [0.25, 0.3) is 5.91 Å². The Morgan fingerprint density at radius 2 is 1.92 bits per heavy atom. The molecule has 0 fully saturated rings. The number of ether oxygens (including phenoxy) is 1. The van der Waals surface area contributed by atoms with Gasteiger partial charge in [-0.2, -0.15) is 0 Å². The Hall–Kier alpha value is -2.63. The van der Waals surface area contributed by atoms with Gasteiger partial charge in [0.15, 0.2) is 5.76 Å². The molecule has 3 aromatic rings. The number of carbonyl (C=O) groups excluding carboxylic acids is 1. The fourth-order valence-electron chi connectivity index (χ4n) is 2.29. The Morgan fingerprint density at radius 1 is 1.12 bits per heavy atom. The highest BCUT2D eigenvalue weighted by Crippen LogP contribution is 2.32. The zero-order valence-corrected chi connectivity index (χ0v) is 14.7. The van der Waals surface area contributed by atoms with Crippen molar-refractivity contribution in [1.29, 1.82) is 0 Å². The largest absolute Gasteiger partial charge is 0.494 e. The minimum absolute atomic E-state index is 0.130. The zero-order valence-electron chi connectivity index (χ0n) is 13.2. The van der Waals surface area contributed by atoms with Crippen LogP contribution in [0.4, 0.5) is 11.4 Å². The predicted octanol–water partition coefficient (Wildman–Crippen LogP) is 5.10. The molecule has 1 heterocycles. The van der Waals surface area contributed by atoms with Gasteiger partial charge in [0.05, 0.1) is 17.8 Å². The van der Waals surface area contributed by atoms with Gasteiger partial charge in [-0.1, -0.05) is 23.2 Å². The number of anilines is 2. The third-order valence-electron chi connectivity index (χ3n) is 3.50. The predicted molar refractivity (Wildman–Crippen MR) is 99.5 cm³/mol. The molecule has 0 saturated carbocycles. The molecule has 0 unspecified atom stereocenters. The average molecular weight is 377 g/mol. The van der Waals surface area contributed by atoms with Gasteiger partial charge in [-0.05, 0) is 42.5 Å². The van der Waals surface area contributed by atoms with Gasteiger partial charge in [-0.3, -0.25) is 4.79 Å². The summed E-state index contributed by atoms with van der Waals surface area (Å²) in [5, 5.41) is 3.72. The molecule has 3 N–H and O–H groups in total. The monoisotopic (exact) mass is 376 g/mol. The third kappa shape index (κ3) is 3.73. The van der Waals surface area contributed by atoms with Crippen molar-refractivity contribution >= 4 is 40.5 Å². The number of hydrogen-bond donors (Lipinski definition) is 2. The summed E-state index contributed by atoms with van der Waals surface area (Å²) in [6.07, 6.45) is 0. The number of nitrogen functional groups attached to an aromatic ring is 1. The van der Waals surface area contributed by atoms with Crippen LogP contribution in [0.15, 0.2) is 52.9 Å². The lowest BCUT2D eigenvalue weighted by molar-refractivity contribution is 0.0997. The number of nitrogens with two attached hydrogens (primary N) is 1. The highest BCUT2D eigenvalue weighted by molar-refractivity contribution is 6.35. The summed E-state index contributed by atoms with van der Waals surface area (Å²) in [7, 11) is 1.50. The first-order valence-corrected chi connectivity index (χ1v) is 8.03. The average Bonchev–Trinajstić information content (AvgIpc) is 3.08. The quantitative estimate of drug-likeness (QED) is 0.621. The molecule has 7 heteroatoms. The second kappa shape index (κ2) is 7.09. The van der Waals surface area contributed by atoms with Gasteiger partial charge < -0.3 is 20.2 Å². The Kier molecular flexibility index (Phi) is 4.88. The summed E-state index contributed by atoms with van der Waals surface area (Å²) in [4.78, 5) is 12.4. The van der Waals surface area contributed by atoms with Crippen molar-refractivity contribution in [2.75, 3.05) is 18.2 Å². The molecule has 1 amide bonds. The summed E-state index contributed by atoms with van der Waals surface area (Å²) in [5.74, 6) is 0.609. The molecule has 0 atom stereocenters. The van der Waals surface area contributed by atoms with E-state index in [4.69, 9.17) is 38.1 Å². The van der Waals surface area contributed by atoms with Crippen molar-refractivity contribution in [3.05, 3.63) is 64.3 Å². The molecule has 0 radical (unpaired) electrons. The number of methoxy groups -OCH3 is 1. The number of furan rings is 1. The van der Waals surface area contributed by atoms with Gasteiger partial charge in [0.1, 0.15) is 11.5 Å². The smallest absolute Gasteiger partial charge is 0.291 e. The number of benzene rings is 2. The summed E-state index contributed by atoms with van der Waals surface area (Å²) >= 11 is 12.1. The molecule has 0 aliphatic rings. The van der Waals surface area contributed by atoms with Crippen LogP contribution in [-0.4, -0.2) is 13.0 Å². The molecule has 0 saturated heterocycles. The topological polar surface area (TPSA) is 77.5 Å². The van der Waals surface area contributed by atoms with Crippen LogP contribution in [0.3, 0.4) is 0 Å². The van der Waals surface area contributed by atoms with Crippen LogP contribution in [-0.2, 0) is 0 Å². The lowest BCUT2D eigenvalue weighted by atomic mass is 10.2. The highest BCUT2D eigenvalue weighted by atomic mass is 35.5. The molecule has 1 aromatic heterocycles. The fraction of sp³-hybridized carbons (Fsp3) is 0.0556. The molecular formula is C18H14Cl2N2O3. The van der Waals surface area contributed by atoms with E-state index >= 15 is 0 Å². The molecule has 25 heavy (non-hydrogen) atoms. The number of rotatable bonds is 4. The fourth-order valence-corrected chi connectivity index (χ4v) is 2.67. The van der Waals surface area contributed by atoms with Crippen molar-refractivity contribution in [3.8, 4) is 17.1 Å². The molecule has 0 spiro atoms. The van der Waals surface area contributed by atoms with Crippen LogP contribution in [0.2, 0.25) is 10.0 Å². The van der Waals surface area contributed by atoms with Gasteiger partial charge in [-0.25, -0.2) is 0 Å². The van der Waals surface area contributed by atoms with Gasteiger partial charge in [0.2, 0.25) is 0 Å². The molecule has 3 rings (SSSR count). The normalized spacial score (nSPS) is 10.5. The lowest BCUT2D eigenvalue weighted by Crippen LogP contribution is -2.11. The molecule has 0 aliphatic heterocycles. The number of nitrogens with one attached hydrogen (secondary N) is 1. The van der Waals surface area contributed by atoms with Crippen LogP contribution in [0.25, 0.3) is 11.3 Å². The summed E-state index contributed by atoms with van der Waals surface area (Å²) < 4.78 is 10.8. The van der Waals surface area contributed by atoms with Crippen LogP contribution in [0, 0.1) is 0 Å². The zero-order chi connectivity index (χ0) is 18.0. The number of halogens is 2. The minimum atomic E-state index is -0.424. The van der Waals surface area contributed by atoms with Crippen LogP contribution < -0.4 is 15.8 Å². The van der Waals surface area contributed by atoms with Crippen LogP contribution in [0.5, 0.6) is 5.75 Å². The van der Waals surface area contributed by atoms with Crippen molar-refractivity contribution in [3.63, 3.8) is 0 Å². The third-order valence-corrected chi connectivity index (χ3v) is 4.06. The maximum Gasteiger partial charge on any atom is 0.291 e. The molecule has 5 nitrogen and oxygen atoms in total. The Morgan fingerprint density at radius 3 is 2.68 bits per heavy atom. The number of carbonyl (C=O) groups is 1. The maximum atomic E-state index is 12.4. The highest BCUT2D eigenvalue weighted by Gasteiger charge is 2.16. The van der Waals surface area contributed by atoms with Gasteiger partial charge in [-0.15, -0.1) is 0 Å². The van der Waals surface area contributed by atoms with Gasteiger partial charge in [0, 0.05) is 22.3 Å². The lowest BCUT2D eigenvalue weighted by Gasteiger charge is -2.09. The van der Waals surface area contributed by atoms with E-state index in [0.29, 0.717) is 38.5 Å². The van der Waals surface area contributed by atoms with E-state index in [-0.39, 0.29) is 5.76 Å². The van der Waals surface area contributed by atoms with E-state index in [9.17, 15) is 4.79 Å². The standard InChI is InChI=1S/C18H14Cl2N2O3/c1-24-17-9-11(21)3-5-14(17)22-18(23)16-7-6-15(25-16)12-8-10(19)2-4-13(12)20/h2-9H,21H2,1H3,(H,22,23). The number of amides is 1. The van der Waals surface area contributed by atoms with E-state index in [1.165, 1.54) is 7.11 Å². The summed E-state index contributed by atoms with van der Waals surface area (Å²) in [6, 6.07) is 13.2. The summed E-state index contributed by atoms with van der Waals surface area (Å²) in [5.41, 5.74) is 7.33. The van der Waals surface area contributed by atoms with Crippen molar-refractivity contribution < 1.29 is 13.9 Å². The first-order chi connectivity index (χ1) is 12.0. The van der Waals surface area contributed by atoms with E-state index in [0.717, 1.165) is 0 Å². The molecular weight excluding hydrogens is 363 g/mol. The van der Waals surface area contributed by atoms with Crippen LogP contribution >= 0.6 is 23.2 Å². The second-order valence-corrected chi connectivity index (χ2v) is 6.05. The Labute approximate surface area is 154 Å². The van der Waals surface area contributed by atoms with E-state index in [1.807, 2.05) is 0 Å². The van der Waals surface area contributed by atoms with Crippen LogP contribution in [0.1, 0.15) is 10.6 Å². The first-order valence-electron chi connectivity index (χ1n) is 7.28. The second-order valence-electron chi connectivity index (χ2n) is 5.20. The van der Waals surface area contributed by atoms with E-state index in [2.05, 4.69) is 5.32 Å². The molecule has 2 aromatic carbocycles. The molecule has 0 aliphatic carbocycles. The van der Waals surface area contributed by atoms with Gasteiger partial charge >= 0.3 is 0 Å². The van der Waals surface area contributed by atoms with Crippen molar-refractivity contribution in [1.82, 2.24) is 0 Å². The van der Waals surface area contributed by atoms with E-state index < -0.39 is 5.91 Å². The number of hydrogen-bond acceptors (Lipinski definition) is 4. The van der Waals surface area contributed by atoms with Crippen molar-refractivity contribution in [2.24, 2.45) is 0 Å². The summed E-state index contributed by atoms with van der Waals surface area (Å²) in [6.45, 7) is 0. The molecule has 128 valence electrons. The first kappa shape index (κ1) is 17.2. The minimum Gasteiger partial charge on any atom is -0.494 e. The maximum absolute atomic E-state index is 12.4.